The van der Waals surface area contributed by atoms with Crippen molar-refractivity contribution in [3.63, 3.8) is 0 Å². The van der Waals surface area contributed by atoms with E-state index in [0.29, 0.717) is 13.0 Å². The summed E-state index contributed by atoms with van der Waals surface area (Å²) in [7, 11) is 0. The monoisotopic (exact) mass is 289 g/mol. The summed E-state index contributed by atoms with van der Waals surface area (Å²) in [4.78, 5) is 22.0. The summed E-state index contributed by atoms with van der Waals surface area (Å²) < 4.78 is 12.6. The van der Waals surface area contributed by atoms with Crippen molar-refractivity contribution < 1.29 is 14.0 Å². The Hall–Kier alpha value is -1.66. The minimum absolute atomic E-state index is 0. The number of nitrogens with one attached hydrogen (secondary N) is 1. The number of benzene rings is 1. The van der Waals surface area contributed by atoms with E-state index in [0.717, 1.165) is 5.56 Å². The van der Waals surface area contributed by atoms with Gasteiger partial charge in [-0.25, -0.2) is 4.39 Å². The summed E-state index contributed by atoms with van der Waals surface area (Å²) in [5, 5.41) is 2.59. The van der Waals surface area contributed by atoms with Gasteiger partial charge in [0, 0.05) is 6.54 Å². The Morgan fingerprint density at radius 2 is 1.84 bits per heavy atom. The molecule has 106 valence electrons. The summed E-state index contributed by atoms with van der Waals surface area (Å²) in [5.41, 5.74) is 11.3. The van der Waals surface area contributed by atoms with Gasteiger partial charge in [0.15, 0.2) is 0 Å². The topological polar surface area (TPSA) is 98.2 Å². The zero-order valence-corrected chi connectivity index (χ0v) is 11.1. The Balaban J connectivity index is 0.00000324. The van der Waals surface area contributed by atoms with Crippen LogP contribution in [0, 0.1) is 5.82 Å². The molecule has 0 spiro atoms. The predicted octanol–water partition coefficient (Wildman–Crippen LogP) is 0.109. The van der Waals surface area contributed by atoms with Crippen LogP contribution in [0.5, 0.6) is 0 Å². The highest BCUT2D eigenvalue weighted by molar-refractivity contribution is 5.87. The van der Waals surface area contributed by atoms with Crippen molar-refractivity contribution >= 4 is 24.2 Å². The molecule has 0 saturated heterocycles. The Morgan fingerprint density at radius 3 is 2.37 bits per heavy atom. The molecule has 0 aliphatic rings. The van der Waals surface area contributed by atoms with Crippen LogP contribution in [-0.2, 0) is 16.0 Å². The number of rotatable bonds is 6. The first-order valence-electron chi connectivity index (χ1n) is 5.55. The van der Waals surface area contributed by atoms with Gasteiger partial charge in [-0.05, 0) is 24.1 Å². The lowest BCUT2D eigenvalue weighted by atomic mass is 10.1. The van der Waals surface area contributed by atoms with Gasteiger partial charge < -0.3 is 16.8 Å². The maximum atomic E-state index is 12.6. The highest BCUT2D eigenvalue weighted by Crippen LogP contribution is 2.02. The molecule has 0 fully saturated rings. The van der Waals surface area contributed by atoms with Crippen molar-refractivity contribution in [2.24, 2.45) is 11.5 Å². The van der Waals surface area contributed by atoms with Gasteiger partial charge in [-0.2, -0.15) is 0 Å². The van der Waals surface area contributed by atoms with E-state index >= 15 is 0 Å². The largest absolute Gasteiger partial charge is 0.370 e. The molecule has 0 heterocycles. The lowest BCUT2D eigenvalue weighted by Crippen LogP contribution is -2.43. The van der Waals surface area contributed by atoms with Crippen LogP contribution in [0.3, 0.4) is 0 Å². The molecule has 0 radical (unpaired) electrons. The SMILES string of the molecule is Cl.NC(=O)CC(N)C(=O)NCCc1ccc(F)cc1. The number of primary amides is 1. The predicted molar refractivity (Wildman–Crippen MR) is 72.1 cm³/mol. The molecule has 0 aromatic heterocycles. The Morgan fingerprint density at radius 1 is 1.26 bits per heavy atom. The van der Waals surface area contributed by atoms with Crippen LogP contribution in [0.4, 0.5) is 4.39 Å². The minimum Gasteiger partial charge on any atom is -0.370 e. The molecule has 7 heteroatoms. The van der Waals surface area contributed by atoms with Crippen LogP contribution in [-0.4, -0.2) is 24.4 Å². The number of nitrogens with two attached hydrogens (primary N) is 2. The lowest BCUT2D eigenvalue weighted by Gasteiger charge is -2.10. The van der Waals surface area contributed by atoms with Crippen molar-refractivity contribution in [1.29, 1.82) is 0 Å². The third-order valence-electron chi connectivity index (χ3n) is 2.38. The van der Waals surface area contributed by atoms with E-state index in [1.807, 2.05) is 0 Å². The molecule has 0 saturated carbocycles. The van der Waals surface area contributed by atoms with E-state index in [4.69, 9.17) is 11.5 Å². The van der Waals surface area contributed by atoms with Gasteiger partial charge in [0.2, 0.25) is 11.8 Å². The molecule has 1 unspecified atom stereocenters. The highest BCUT2D eigenvalue weighted by Gasteiger charge is 2.14. The van der Waals surface area contributed by atoms with Crippen molar-refractivity contribution in [2.75, 3.05) is 6.54 Å². The molecular weight excluding hydrogens is 273 g/mol. The van der Waals surface area contributed by atoms with Crippen molar-refractivity contribution in [3.05, 3.63) is 35.6 Å². The third-order valence-corrected chi connectivity index (χ3v) is 2.38. The number of halogens is 2. The van der Waals surface area contributed by atoms with Gasteiger partial charge in [0.25, 0.3) is 0 Å². The third kappa shape index (κ3) is 6.73. The van der Waals surface area contributed by atoms with Gasteiger partial charge >= 0.3 is 0 Å². The average molecular weight is 290 g/mol. The molecule has 0 aliphatic heterocycles. The van der Waals surface area contributed by atoms with Gasteiger partial charge in [-0.15, -0.1) is 12.4 Å². The van der Waals surface area contributed by atoms with E-state index in [1.54, 1.807) is 12.1 Å². The average Bonchev–Trinajstić information content (AvgIpc) is 2.30. The fourth-order valence-electron chi connectivity index (χ4n) is 1.42. The molecule has 1 aromatic rings. The van der Waals surface area contributed by atoms with Crippen LogP contribution in [0.25, 0.3) is 0 Å². The summed E-state index contributed by atoms with van der Waals surface area (Å²) in [6.07, 6.45) is 0.387. The summed E-state index contributed by atoms with van der Waals surface area (Å²) in [6, 6.07) is 5.08. The molecule has 0 aliphatic carbocycles. The maximum Gasteiger partial charge on any atom is 0.237 e. The molecule has 1 rings (SSSR count). The number of carbonyl (C=O) groups is 2. The highest BCUT2D eigenvalue weighted by atomic mass is 35.5. The van der Waals surface area contributed by atoms with E-state index in [2.05, 4.69) is 5.32 Å². The Kier molecular flexibility index (Phi) is 7.71. The van der Waals surface area contributed by atoms with Crippen LogP contribution in [0.2, 0.25) is 0 Å². The second kappa shape index (κ2) is 8.44. The van der Waals surface area contributed by atoms with E-state index < -0.39 is 17.9 Å². The van der Waals surface area contributed by atoms with Gasteiger partial charge in [0.05, 0.1) is 12.5 Å². The van der Waals surface area contributed by atoms with E-state index in [-0.39, 0.29) is 24.6 Å². The Bertz CT molecular complexity index is 425. The van der Waals surface area contributed by atoms with Gasteiger partial charge in [0.1, 0.15) is 5.82 Å². The smallest absolute Gasteiger partial charge is 0.237 e. The summed E-state index contributed by atoms with van der Waals surface area (Å²) in [5.74, 6) is -1.33. The molecule has 5 nitrogen and oxygen atoms in total. The summed E-state index contributed by atoms with van der Waals surface area (Å²) in [6.45, 7) is 0.372. The lowest BCUT2D eigenvalue weighted by molar-refractivity contribution is -0.126. The fraction of sp³-hybridized carbons (Fsp3) is 0.333. The van der Waals surface area contributed by atoms with Crippen molar-refractivity contribution in [2.45, 2.75) is 18.9 Å². The fourth-order valence-corrected chi connectivity index (χ4v) is 1.42. The first-order valence-corrected chi connectivity index (χ1v) is 5.55. The number of hydrogen-bond acceptors (Lipinski definition) is 3. The number of amides is 2. The zero-order valence-electron chi connectivity index (χ0n) is 10.3. The molecule has 2 amide bonds. The van der Waals surface area contributed by atoms with Crippen LogP contribution >= 0.6 is 12.4 Å². The van der Waals surface area contributed by atoms with Crippen LogP contribution < -0.4 is 16.8 Å². The van der Waals surface area contributed by atoms with Crippen molar-refractivity contribution in [3.8, 4) is 0 Å². The van der Waals surface area contributed by atoms with Crippen LogP contribution in [0.1, 0.15) is 12.0 Å². The molecule has 5 N–H and O–H groups in total. The van der Waals surface area contributed by atoms with Crippen molar-refractivity contribution in [1.82, 2.24) is 5.32 Å². The first kappa shape index (κ1) is 17.3. The second-order valence-corrected chi connectivity index (χ2v) is 3.94. The molecule has 19 heavy (non-hydrogen) atoms. The molecule has 0 bridgehead atoms. The van der Waals surface area contributed by atoms with Gasteiger partial charge in [-0.1, -0.05) is 12.1 Å². The standard InChI is InChI=1S/C12H16FN3O2.ClH/c13-9-3-1-8(2-4-9)5-6-16-12(18)10(14)7-11(15)17;/h1-4,10H,5-7,14H2,(H2,15,17)(H,16,18);1H. The second-order valence-electron chi connectivity index (χ2n) is 3.94. The molecule has 1 atom stereocenters. The number of carbonyl (C=O) groups excluding carboxylic acids is 2. The zero-order chi connectivity index (χ0) is 13.5. The van der Waals surface area contributed by atoms with Gasteiger partial charge in [-0.3, -0.25) is 9.59 Å². The van der Waals surface area contributed by atoms with E-state index in [9.17, 15) is 14.0 Å². The first-order chi connectivity index (χ1) is 8.49. The number of hydrogen-bond donors (Lipinski definition) is 3. The Labute approximate surface area is 116 Å². The maximum absolute atomic E-state index is 12.6. The molecular formula is C12H17ClFN3O2. The van der Waals surface area contributed by atoms with E-state index in [1.165, 1.54) is 12.1 Å². The minimum atomic E-state index is -0.921. The molecule has 1 aromatic carbocycles. The summed E-state index contributed by atoms with van der Waals surface area (Å²) >= 11 is 0. The quantitative estimate of drug-likeness (QED) is 0.693. The normalized spacial score (nSPS) is 11.3. The van der Waals surface area contributed by atoms with Crippen LogP contribution in [0.15, 0.2) is 24.3 Å².